The number of aryl methyl sites for hydroxylation is 2. The van der Waals surface area contributed by atoms with Gasteiger partial charge in [-0.25, -0.2) is 4.79 Å². The Morgan fingerprint density at radius 3 is 2.53 bits per heavy atom. The van der Waals surface area contributed by atoms with E-state index < -0.39 is 0 Å². The third-order valence-corrected chi connectivity index (χ3v) is 10.8. The highest BCUT2D eigenvalue weighted by Gasteiger charge is 2.54. The molecule has 5 nitrogen and oxygen atoms in total. The third kappa shape index (κ3) is 4.19. The molecule has 5 aliphatic rings. The highest BCUT2D eigenvalue weighted by atomic mass is 16.6. The topological polar surface area (TPSA) is 49.9 Å². The molecule has 0 radical (unpaired) electrons. The fourth-order valence-corrected chi connectivity index (χ4v) is 8.64. The maximum Gasteiger partial charge on any atom is 0.415 e. The molecular formula is C31H44N2O3. The van der Waals surface area contributed by atoms with E-state index in [-0.39, 0.29) is 11.5 Å². The van der Waals surface area contributed by atoms with Gasteiger partial charge in [0.1, 0.15) is 11.5 Å². The number of nitrogens with zero attached hydrogens (tertiary/aromatic N) is 2. The second kappa shape index (κ2) is 9.78. The summed E-state index contributed by atoms with van der Waals surface area (Å²) >= 11 is 0. The van der Waals surface area contributed by atoms with E-state index in [4.69, 9.17) is 4.74 Å². The van der Waals surface area contributed by atoms with Gasteiger partial charge in [0.2, 0.25) is 0 Å². The van der Waals surface area contributed by atoms with Crippen molar-refractivity contribution in [1.29, 1.82) is 0 Å². The maximum atomic E-state index is 13.2. The summed E-state index contributed by atoms with van der Waals surface area (Å²) in [4.78, 5) is 30.4. The molecule has 36 heavy (non-hydrogen) atoms. The van der Waals surface area contributed by atoms with Crippen molar-refractivity contribution in [3.8, 4) is 5.75 Å². The summed E-state index contributed by atoms with van der Waals surface area (Å²) in [5, 5.41) is 0. The van der Waals surface area contributed by atoms with Gasteiger partial charge in [0.15, 0.2) is 0 Å². The number of hydrogen-bond acceptors (Lipinski definition) is 4. The number of ether oxygens (including phenoxy) is 1. The lowest BCUT2D eigenvalue weighted by molar-refractivity contribution is -0.129. The highest BCUT2D eigenvalue weighted by Crippen LogP contribution is 2.59. The average molecular weight is 493 g/mol. The number of rotatable bonds is 3. The average Bonchev–Trinajstić information content (AvgIpc) is 3.22. The number of amides is 1. The number of Topliss-reactive ketones (excluding diaryl/α,β-unsaturated/α-hetero) is 1. The van der Waals surface area contributed by atoms with Crippen LogP contribution in [0.2, 0.25) is 0 Å². The van der Waals surface area contributed by atoms with Crippen molar-refractivity contribution in [3.05, 3.63) is 28.8 Å². The first kappa shape index (κ1) is 24.5. The van der Waals surface area contributed by atoms with Crippen LogP contribution in [0.1, 0.15) is 101 Å². The van der Waals surface area contributed by atoms with Crippen molar-refractivity contribution in [2.45, 2.75) is 103 Å². The van der Waals surface area contributed by atoms with Crippen LogP contribution in [0, 0.1) is 17.3 Å². The Hall–Kier alpha value is -1.88. The minimum absolute atomic E-state index is 0.0802. The van der Waals surface area contributed by atoms with Gasteiger partial charge in [-0.2, -0.15) is 0 Å². The molecule has 0 bridgehead atoms. The number of ketones is 1. The van der Waals surface area contributed by atoms with Crippen LogP contribution in [-0.4, -0.2) is 53.9 Å². The molecular weight excluding hydrogens is 448 g/mol. The molecule has 1 amide bonds. The minimum Gasteiger partial charge on any atom is -0.410 e. The first-order valence-electron chi connectivity index (χ1n) is 14.9. The summed E-state index contributed by atoms with van der Waals surface area (Å²) in [6.07, 6.45) is 13.0. The standard InChI is InChI=1S/C31H44N2O3/c1-3-21-19-26-22(7-8-25-24(26)11-14-31(2)27(25)9-10-29(31)34)20-28(21)36-30(35)33-17-12-23(13-18-33)32-15-5-4-6-16-32/h19-20,23-25,27H,3-18H2,1-2H3. The molecule has 5 heteroatoms. The Morgan fingerprint density at radius 1 is 1.00 bits per heavy atom. The third-order valence-electron chi connectivity index (χ3n) is 10.8. The van der Waals surface area contributed by atoms with Gasteiger partial charge in [0, 0.05) is 31.0 Å². The number of carbonyl (C=O) groups is 2. The van der Waals surface area contributed by atoms with E-state index in [2.05, 4.69) is 30.9 Å². The van der Waals surface area contributed by atoms with E-state index in [1.807, 2.05) is 4.90 Å². The van der Waals surface area contributed by atoms with Crippen LogP contribution in [0.4, 0.5) is 4.79 Å². The Bertz CT molecular complexity index is 1010. The van der Waals surface area contributed by atoms with E-state index in [0.717, 1.165) is 82.2 Å². The lowest BCUT2D eigenvalue weighted by Crippen LogP contribution is -2.48. The van der Waals surface area contributed by atoms with Crippen LogP contribution in [0.3, 0.4) is 0 Å². The molecule has 1 aromatic rings. The normalized spacial score (nSPS) is 33.1. The van der Waals surface area contributed by atoms with Crippen molar-refractivity contribution in [2.24, 2.45) is 17.3 Å². The minimum atomic E-state index is -0.173. The predicted molar refractivity (Wildman–Crippen MR) is 141 cm³/mol. The summed E-state index contributed by atoms with van der Waals surface area (Å²) in [6.45, 7) is 8.46. The second-order valence-corrected chi connectivity index (χ2v) is 12.5. The molecule has 0 N–H and O–H groups in total. The van der Waals surface area contributed by atoms with Gasteiger partial charge >= 0.3 is 6.09 Å². The molecule has 2 saturated carbocycles. The van der Waals surface area contributed by atoms with Crippen LogP contribution >= 0.6 is 0 Å². The van der Waals surface area contributed by atoms with Gasteiger partial charge in [-0.1, -0.05) is 26.3 Å². The Balaban J connectivity index is 1.14. The number of carbonyl (C=O) groups excluding carboxylic acids is 2. The summed E-state index contributed by atoms with van der Waals surface area (Å²) < 4.78 is 6.09. The first-order chi connectivity index (χ1) is 17.5. The van der Waals surface area contributed by atoms with Crippen LogP contribution < -0.4 is 4.74 Å². The summed E-state index contributed by atoms with van der Waals surface area (Å²) in [6, 6.07) is 5.18. The zero-order valence-electron chi connectivity index (χ0n) is 22.4. The number of hydrogen-bond donors (Lipinski definition) is 0. The maximum absolute atomic E-state index is 13.2. The lowest BCUT2D eigenvalue weighted by atomic mass is 9.55. The smallest absolute Gasteiger partial charge is 0.410 e. The monoisotopic (exact) mass is 492 g/mol. The molecule has 2 saturated heterocycles. The van der Waals surface area contributed by atoms with Crippen LogP contribution in [-0.2, 0) is 17.6 Å². The van der Waals surface area contributed by atoms with E-state index in [1.165, 1.54) is 43.5 Å². The van der Waals surface area contributed by atoms with Crippen molar-refractivity contribution in [1.82, 2.24) is 9.80 Å². The summed E-state index contributed by atoms with van der Waals surface area (Å²) in [7, 11) is 0. The van der Waals surface area contributed by atoms with E-state index >= 15 is 0 Å². The quantitative estimate of drug-likeness (QED) is 0.510. The summed E-state index contributed by atoms with van der Waals surface area (Å²) in [5.41, 5.74) is 3.92. The van der Waals surface area contributed by atoms with Crippen molar-refractivity contribution in [3.63, 3.8) is 0 Å². The Labute approximate surface area is 216 Å². The van der Waals surface area contributed by atoms with Crippen LogP contribution in [0.5, 0.6) is 5.75 Å². The molecule has 2 heterocycles. The molecule has 196 valence electrons. The van der Waals surface area contributed by atoms with Gasteiger partial charge in [0.25, 0.3) is 0 Å². The Morgan fingerprint density at radius 2 is 1.78 bits per heavy atom. The largest absolute Gasteiger partial charge is 0.415 e. The van der Waals surface area contributed by atoms with Crippen molar-refractivity contribution in [2.75, 3.05) is 26.2 Å². The van der Waals surface area contributed by atoms with E-state index in [1.54, 1.807) is 0 Å². The van der Waals surface area contributed by atoms with Crippen LogP contribution in [0.15, 0.2) is 12.1 Å². The number of fused-ring (bicyclic) bond motifs is 5. The highest BCUT2D eigenvalue weighted by molar-refractivity contribution is 5.87. The zero-order valence-corrected chi connectivity index (χ0v) is 22.4. The number of likely N-dealkylation sites (tertiary alicyclic amines) is 2. The number of piperidine rings is 2. The fraction of sp³-hybridized carbons (Fsp3) is 0.742. The molecule has 0 spiro atoms. The van der Waals surface area contributed by atoms with Crippen LogP contribution in [0.25, 0.3) is 0 Å². The van der Waals surface area contributed by atoms with Crippen molar-refractivity contribution >= 4 is 11.9 Å². The molecule has 0 aromatic heterocycles. The molecule has 4 fully saturated rings. The van der Waals surface area contributed by atoms with Crippen molar-refractivity contribution < 1.29 is 14.3 Å². The van der Waals surface area contributed by atoms with Gasteiger partial charge in [-0.15, -0.1) is 0 Å². The molecule has 4 atom stereocenters. The van der Waals surface area contributed by atoms with E-state index in [9.17, 15) is 9.59 Å². The van der Waals surface area contributed by atoms with Gasteiger partial charge in [-0.05, 0) is 118 Å². The SMILES string of the molecule is CCc1cc2c(cc1OC(=O)N1CCC(N3CCCCC3)CC1)CCC1C2CCC2(C)C(=O)CCC12. The van der Waals surface area contributed by atoms with Gasteiger partial charge in [-0.3, -0.25) is 4.79 Å². The van der Waals surface area contributed by atoms with E-state index in [0.29, 0.717) is 29.6 Å². The van der Waals surface area contributed by atoms with Gasteiger partial charge in [0.05, 0.1) is 0 Å². The summed E-state index contributed by atoms with van der Waals surface area (Å²) in [5.74, 6) is 3.01. The number of benzene rings is 1. The molecule has 3 aliphatic carbocycles. The molecule has 4 unspecified atom stereocenters. The zero-order chi connectivity index (χ0) is 24.9. The second-order valence-electron chi connectivity index (χ2n) is 12.5. The molecule has 6 rings (SSSR count). The molecule has 1 aromatic carbocycles. The predicted octanol–water partition coefficient (Wildman–Crippen LogP) is 6.12. The molecule has 2 aliphatic heterocycles. The first-order valence-corrected chi connectivity index (χ1v) is 14.9. The fourth-order valence-electron chi connectivity index (χ4n) is 8.64. The van der Waals surface area contributed by atoms with Gasteiger partial charge < -0.3 is 14.5 Å². The Kier molecular flexibility index (Phi) is 6.64. The lowest BCUT2D eigenvalue weighted by Gasteiger charge is -2.48.